The van der Waals surface area contributed by atoms with Crippen LogP contribution in [0.4, 0.5) is 0 Å². The Bertz CT molecular complexity index is 576. The predicted molar refractivity (Wildman–Crippen MR) is 78.0 cm³/mol. The van der Waals surface area contributed by atoms with Crippen molar-refractivity contribution in [2.45, 2.75) is 37.3 Å². The van der Waals surface area contributed by atoms with Crippen molar-refractivity contribution in [3.05, 3.63) is 29.8 Å². The van der Waals surface area contributed by atoms with E-state index in [-0.39, 0.29) is 12.0 Å². The molecule has 6 heteroatoms. The molecule has 0 radical (unpaired) electrons. The first-order valence-corrected chi connectivity index (χ1v) is 7.49. The second kappa shape index (κ2) is 5.96. The van der Waals surface area contributed by atoms with E-state index in [0.29, 0.717) is 30.8 Å². The van der Waals surface area contributed by atoms with Gasteiger partial charge in [0, 0.05) is 12.2 Å². The van der Waals surface area contributed by atoms with E-state index in [9.17, 15) is 9.59 Å². The molecule has 0 spiro atoms. The van der Waals surface area contributed by atoms with Crippen molar-refractivity contribution in [3.63, 3.8) is 0 Å². The monoisotopic (exact) mass is 305 g/mol. The zero-order valence-electron chi connectivity index (χ0n) is 12.2. The van der Waals surface area contributed by atoms with Crippen LogP contribution in [0.1, 0.15) is 36.0 Å². The van der Waals surface area contributed by atoms with Crippen molar-refractivity contribution in [1.82, 2.24) is 5.32 Å². The molecule has 22 heavy (non-hydrogen) atoms. The highest BCUT2D eigenvalue weighted by molar-refractivity contribution is 5.99. The van der Waals surface area contributed by atoms with E-state index < -0.39 is 11.5 Å². The van der Waals surface area contributed by atoms with Crippen LogP contribution in [0.5, 0.6) is 5.75 Å². The number of ether oxygens (including phenoxy) is 2. The fourth-order valence-electron chi connectivity index (χ4n) is 2.50. The second-order valence-corrected chi connectivity index (χ2v) is 5.82. The number of nitrogens with one attached hydrogen (secondary N) is 1. The van der Waals surface area contributed by atoms with Gasteiger partial charge in [0.15, 0.2) is 0 Å². The van der Waals surface area contributed by atoms with Gasteiger partial charge in [-0.15, -0.1) is 0 Å². The number of carboxylic acid groups (broad SMARTS) is 1. The van der Waals surface area contributed by atoms with Crippen molar-refractivity contribution in [3.8, 4) is 5.75 Å². The van der Waals surface area contributed by atoms with Crippen LogP contribution in [0.25, 0.3) is 0 Å². The number of aliphatic carboxylic acids is 1. The lowest BCUT2D eigenvalue weighted by molar-refractivity contribution is -0.140. The third-order valence-electron chi connectivity index (χ3n) is 4.07. The number of carbonyl (C=O) groups excluding carboxylic acids is 1. The van der Waals surface area contributed by atoms with Crippen molar-refractivity contribution < 1.29 is 24.2 Å². The van der Waals surface area contributed by atoms with Crippen LogP contribution in [0, 0.1) is 0 Å². The molecule has 2 N–H and O–H groups in total. The number of carbonyl (C=O) groups is 2. The van der Waals surface area contributed by atoms with Crippen molar-refractivity contribution in [2.24, 2.45) is 0 Å². The van der Waals surface area contributed by atoms with Gasteiger partial charge >= 0.3 is 5.97 Å². The maximum atomic E-state index is 12.2. The molecule has 0 aromatic heterocycles. The Kier molecular flexibility index (Phi) is 4.02. The zero-order valence-corrected chi connectivity index (χ0v) is 12.2. The van der Waals surface area contributed by atoms with Crippen LogP contribution < -0.4 is 10.1 Å². The molecule has 1 aliphatic heterocycles. The quantitative estimate of drug-likeness (QED) is 0.833. The summed E-state index contributed by atoms with van der Waals surface area (Å²) in [7, 11) is 0. The van der Waals surface area contributed by atoms with Gasteiger partial charge in [-0.25, -0.2) is 4.79 Å². The molecule has 1 aromatic rings. The lowest BCUT2D eigenvalue weighted by atomic mass is 10.1. The van der Waals surface area contributed by atoms with Gasteiger partial charge in [-0.1, -0.05) is 6.07 Å². The topological polar surface area (TPSA) is 84.9 Å². The molecule has 1 unspecified atom stereocenters. The third-order valence-corrected chi connectivity index (χ3v) is 4.07. The summed E-state index contributed by atoms with van der Waals surface area (Å²) in [6.45, 7) is 1.23. The molecular formula is C16H19NO5. The van der Waals surface area contributed by atoms with Gasteiger partial charge in [0.2, 0.25) is 0 Å². The molecule has 118 valence electrons. The smallest absolute Gasteiger partial charge is 0.329 e. The first kappa shape index (κ1) is 14.8. The Morgan fingerprint density at radius 2 is 2.23 bits per heavy atom. The van der Waals surface area contributed by atoms with Crippen LogP contribution in [0.15, 0.2) is 24.3 Å². The average molecular weight is 305 g/mol. The molecule has 2 aliphatic rings. The summed E-state index contributed by atoms with van der Waals surface area (Å²) in [5.74, 6) is -0.780. The molecule has 1 heterocycles. The maximum absolute atomic E-state index is 12.2. The summed E-state index contributed by atoms with van der Waals surface area (Å²) in [5.41, 5.74) is -0.677. The van der Waals surface area contributed by atoms with Crippen LogP contribution in [0.2, 0.25) is 0 Å². The molecule has 1 atom stereocenters. The van der Waals surface area contributed by atoms with Crippen LogP contribution >= 0.6 is 0 Å². The summed E-state index contributed by atoms with van der Waals surface area (Å²) in [6.07, 6.45) is 3.10. The number of rotatable bonds is 6. The zero-order chi connectivity index (χ0) is 15.6. The van der Waals surface area contributed by atoms with E-state index in [1.165, 1.54) is 0 Å². The van der Waals surface area contributed by atoms with Gasteiger partial charge in [-0.3, -0.25) is 4.79 Å². The molecule has 2 fully saturated rings. The number of benzene rings is 1. The highest BCUT2D eigenvalue weighted by Crippen LogP contribution is 2.35. The van der Waals surface area contributed by atoms with E-state index in [0.717, 1.165) is 19.4 Å². The molecule has 1 saturated heterocycles. The van der Waals surface area contributed by atoms with Gasteiger partial charge in [0.05, 0.1) is 6.10 Å². The van der Waals surface area contributed by atoms with E-state index in [4.69, 9.17) is 14.6 Å². The Hall–Kier alpha value is -2.08. The number of hydrogen-bond acceptors (Lipinski definition) is 4. The Balaban J connectivity index is 1.60. The van der Waals surface area contributed by atoms with E-state index >= 15 is 0 Å². The van der Waals surface area contributed by atoms with Crippen LogP contribution in [0.3, 0.4) is 0 Å². The molecule has 6 nitrogen and oxygen atoms in total. The molecular weight excluding hydrogens is 286 g/mol. The molecule has 1 aliphatic carbocycles. The Labute approximate surface area is 128 Å². The molecule has 3 rings (SSSR count). The fourth-order valence-corrected chi connectivity index (χ4v) is 2.50. The normalized spacial score (nSPS) is 22.1. The minimum absolute atomic E-state index is 0.110. The minimum atomic E-state index is -1.08. The van der Waals surface area contributed by atoms with Crippen LogP contribution in [-0.2, 0) is 9.53 Å². The van der Waals surface area contributed by atoms with Crippen molar-refractivity contribution in [2.75, 3.05) is 13.2 Å². The third kappa shape index (κ3) is 3.22. The summed E-state index contributed by atoms with van der Waals surface area (Å²) < 4.78 is 11.1. The lowest BCUT2D eigenvalue weighted by Crippen LogP contribution is -2.43. The van der Waals surface area contributed by atoms with E-state index in [2.05, 4.69) is 5.32 Å². The number of amides is 1. The summed E-state index contributed by atoms with van der Waals surface area (Å²) in [5, 5.41) is 11.7. The standard InChI is InChI=1S/C16H19NO5/c18-14(17-16(6-7-16)15(19)20)11-3-1-4-12(9-11)22-10-13-5-2-8-21-13/h1,3-4,9,13H,2,5-8,10H2,(H,17,18)(H,19,20). The SMILES string of the molecule is O=C(NC1(C(=O)O)CC1)c1cccc(OCC2CCCO2)c1. The van der Waals surface area contributed by atoms with Gasteiger partial charge in [0.25, 0.3) is 5.91 Å². The Morgan fingerprint density at radius 1 is 1.41 bits per heavy atom. The van der Waals surface area contributed by atoms with Gasteiger partial charge in [0.1, 0.15) is 17.9 Å². The van der Waals surface area contributed by atoms with E-state index in [1.807, 2.05) is 0 Å². The van der Waals surface area contributed by atoms with Gasteiger partial charge in [-0.05, 0) is 43.9 Å². The first-order chi connectivity index (χ1) is 10.6. The van der Waals surface area contributed by atoms with Crippen molar-refractivity contribution >= 4 is 11.9 Å². The summed E-state index contributed by atoms with van der Waals surface area (Å²) in [4.78, 5) is 23.3. The summed E-state index contributed by atoms with van der Waals surface area (Å²) >= 11 is 0. The fraction of sp³-hybridized carbons (Fsp3) is 0.500. The Morgan fingerprint density at radius 3 is 2.86 bits per heavy atom. The maximum Gasteiger partial charge on any atom is 0.329 e. The molecule has 0 bridgehead atoms. The van der Waals surface area contributed by atoms with E-state index in [1.54, 1.807) is 24.3 Å². The van der Waals surface area contributed by atoms with Gasteiger partial charge < -0.3 is 19.9 Å². The summed E-state index contributed by atoms with van der Waals surface area (Å²) in [6, 6.07) is 6.77. The van der Waals surface area contributed by atoms with Gasteiger partial charge in [-0.2, -0.15) is 0 Å². The highest BCUT2D eigenvalue weighted by atomic mass is 16.5. The molecule has 1 aromatic carbocycles. The number of hydrogen-bond donors (Lipinski definition) is 2. The van der Waals surface area contributed by atoms with Crippen molar-refractivity contribution in [1.29, 1.82) is 0 Å². The highest BCUT2D eigenvalue weighted by Gasteiger charge is 2.51. The lowest BCUT2D eigenvalue weighted by Gasteiger charge is -2.14. The molecule has 1 saturated carbocycles. The van der Waals surface area contributed by atoms with Crippen LogP contribution in [-0.4, -0.2) is 41.8 Å². The second-order valence-electron chi connectivity index (χ2n) is 5.82. The largest absolute Gasteiger partial charge is 0.491 e. The average Bonchev–Trinajstić information content (AvgIpc) is 3.11. The number of carboxylic acids is 1. The predicted octanol–water partition coefficient (Wildman–Crippen LogP) is 1.59. The molecule has 1 amide bonds. The first-order valence-electron chi connectivity index (χ1n) is 7.49. The minimum Gasteiger partial charge on any atom is -0.491 e.